The smallest absolute Gasteiger partial charge is 0.128 e. The van der Waals surface area contributed by atoms with Crippen molar-refractivity contribution in [2.24, 2.45) is 5.92 Å². The van der Waals surface area contributed by atoms with Crippen molar-refractivity contribution in [3.8, 4) is 0 Å². The number of nitrogens with one attached hydrogen (secondary N) is 1. The third-order valence-electron chi connectivity index (χ3n) is 3.08. The van der Waals surface area contributed by atoms with E-state index in [1.54, 1.807) is 6.20 Å². The Morgan fingerprint density at radius 3 is 2.76 bits per heavy atom. The van der Waals surface area contributed by atoms with E-state index in [0.717, 1.165) is 24.9 Å². The van der Waals surface area contributed by atoms with Crippen LogP contribution in [0.2, 0.25) is 5.02 Å². The van der Waals surface area contributed by atoms with Gasteiger partial charge in [0.15, 0.2) is 0 Å². The van der Waals surface area contributed by atoms with Crippen molar-refractivity contribution in [2.75, 3.05) is 12.3 Å². The first-order chi connectivity index (χ1) is 8.10. The number of hydrogen-bond donors (Lipinski definition) is 2. The molecular weight excluding hydrogens is 234 g/mol. The molecule has 0 saturated carbocycles. The minimum atomic E-state index is 0.228. The molecule has 3 N–H and O–H groups in total. The summed E-state index contributed by atoms with van der Waals surface area (Å²) < 4.78 is 0. The summed E-state index contributed by atoms with van der Waals surface area (Å²) in [6.45, 7) is 7.52. The van der Waals surface area contributed by atoms with Gasteiger partial charge in [-0.15, -0.1) is 0 Å². The highest BCUT2D eigenvalue weighted by Gasteiger charge is 2.20. The van der Waals surface area contributed by atoms with Crippen molar-refractivity contribution in [1.29, 1.82) is 0 Å². The van der Waals surface area contributed by atoms with Gasteiger partial charge < -0.3 is 11.1 Å². The minimum absolute atomic E-state index is 0.228. The van der Waals surface area contributed by atoms with Crippen LogP contribution in [0.5, 0.6) is 0 Å². The van der Waals surface area contributed by atoms with Gasteiger partial charge in [0.25, 0.3) is 0 Å². The molecule has 4 heteroatoms. The zero-order valence-corrected chi connectivity index (χ0v) is 11.6. The van der Waals surface area contributed by atoms with Crippen LogP contribution in [0.1, 0.15) is 45.2 Å². The molecule has 17 heavy (non-hydrogen) atoms. The SMILES string of the molecule is CCCNC(c1cc(Cl)cnc1N)C(C)CC. The van der Waals surface area contributed by atoms with Gasteiger partial charge in [0.2, 0.25) is 0 Å². The van der Waals surface area contributed by atoms with Crippen molar-refractivity contribution in [2.45, 2.75) is 39.7 Å². The Morgan fingerprint density at radius 1 is 1.47 bits per heavy atom. The highest BCUT2D eigenvalue weighted by atomic mass is 35.5. The molecule has 2 atom stereocenters. The third-order valence-corrected chi connectivity index (χ3v) is 3.29. The van der Waals surface area contributed by atoms with E-state index in [1.807, 2.05) is 6.07 Å². The Balaban J connectivity index is 2.98. The second kappa shape index (κ2) is 6.82. The van der Waals surface area contributed by atoms with Crippen LogP contribution < -0.4 is 11.1 Å². The number of nitrogens with zero attached hydrogens (tertiary/aromatic N) is 1. The standard InChI is InChI=1S/C13H22ClN3/c1-4-6-16-12(9(3)5-2)11-7-10(14)8-17-13(11)15/h7-9,12,16H,4-6H2,1-3H3,(H2,15,17). The van der Waals surface area contributed by atoms with E-state index < -0.39 is 0 Å². The van der Waals surface area contributed by atoms with E-state index in [9.17, 15) is 0 Å². The van der Waals surface area contributed by atoms with E-state index in [4.69, 9.17) is 17.3 Å². The molecule has 0 aliphatic heterocycles. The lowest BCUT2D eigenvalue weighted by Gasteiger charge is -2.25. The zero-order chi connectivity index (χ0) is 12.8. The topological polar surface area (TPSA) is 50.9 Å². The highest BCUT2D eigenvalue weighted by Crippen LogP contribution is 2.29. The molecule has 1 aromatic rings. The number of pyridine rings is 1. The highest BCUT2D eigenvalue weighted by molar-refractivity contribution is 6.30. The van der Waals surface area contributed by atoms with Gasteiger partial charge in [-0.25, -0.2) is 4.98 Å². The quantitative estimate of drug-likeness (QED) is 0.819. The predicted molar refractivity (Wildman–Crippen MR) is 74.1 cm³/mol. The Kier molecular flexibility index (Phi) is 5.72. The Bertz CT molecular complexity index is 355. The fourth-order valence-corrected chi connectivity index (χ4v) is 2.03. The third kappa shape index (κ3) is 3.86. The first kappa shape index (κ1) is 14.3. The summed E-state index contributed by atoms with van der Waals surface area (Å²) in [4.78, 5) is 4.13. The Morgan fingerprint density at radius 2 is 2.18 bits per heavy atom. The molecule has 0 fully saturated rings. The number of halogens is 1. The Labute approximate surface area is 109 Å². The lowest BCUT2D eigenvalue weighted by molar-refractivity contribution is 0.377. The van der Waals surface area contributed by atoms with Gasteiger partial charge in [-0.1, -0.05) is 38.8 Å². The minimum Gasteiger partial charge on any atom is -0.383 e. The van der Waals surface area contributed by atoms with Crippen LogP contribution in [0.4, 0.5) is 5.82 Å². The first-order valence-corrected chi connectivity index (χ1v) is 6.62. The van der Waals surface area contributed by atoms with Crippen LogP contribution >= 0.6 is 11.6 Å². The van der Waals surface area contributed by atoms with E-state index >= 15 is 0 Å². The lowest BCUT2D eigenvalue weighted by Crippen LogP contribution is -2.28. The van der Waals surface area contributed by atoms with E-state index in [-0.39, 0.29) is 6.04 Å². The van der Waals surface area contributed by atoms with Crippen molar-refractivity contribution in [3.05, 3.63) is 22.8 Å². The summed E-state index contributed by atoms with van der Waals surface area (Å²) in [6, 6.07) is 2.15. The van der Waals surface area contributed by atoms with Crippen LogP contribution in [0.3, 0.4) is 0 Å². The van der Waals surface area contributed by atoms with Gasteiger partial charge >= 0.3 is 0 Å². The largest absolute Gasteiger partial charge is 0.383 e. The van der Waals surface area contributed by atoms with Gasteiger partial charge in [-0.2, -0.15) is 0 Å². The summed E-state index contributed by atoms with van der Waals surface area (Å²) in [6.07, 6.45) is 3.78. The molecule has 2 unspecified atom stereocenters. The maximum atomic E-state index is 6.00. The zero-order valence-electron chi connectivity index (χ0n) is 10.8. The molecular formula is C13H22ClN3. The summed E-state index contributed by atoms with van der Waals surface area (Å²) in [5, 5.41) is 4.17. The molecule has 0 bridgehead atoms. The first-order valence-electron chi connectivity index (χ1n) is 6.24. The molecule has 0 aliphatic rings. The molecule has 1 heterocycles. The number of rotatable bonds is 6. The van der Waals surface area contributed by atoms with Crippen LogP contribution in [0.25, 0.3) is 0 Å². The average molecular weight is 256 g/mol. The van der Waals surface area contributed by atoms with Crippen LogP contribution in [-0.4, -0.2) is 11.5 Å². The van der Waals surface area contributed by atoms with Crippen molar-refractivity contribution in [1.82, 2.24) is 10.3 Å². The molecule has 96 valence electrons. The predicted octanol–water partition coefficient (Wildman–Crippen LogP) is 3.40. The number of aromatic nitrogens is 1. The molecule has 1 aromatic heterocycles. The van der Waals surface area contributed by atoms with Crippen molar-refractivity contribution >= 4 is 17.4 Å². The van der Waals surface area contributed by atoms with Crippen LogP contribution in [0, 0.1) is 5.92 Å². The van der Waals surface area contributed by atoms with Crippen LogP contribution in [-0.2, 0) is 0 Å². The van der Waals surface area contributed by atoms with E-state index in [1.165, 1.54) is 0 Å². The molecule has 0 aromatic carbocycles. The van der Waals surface area contributed by atoms with Gasteiger partial charge in [0, 0.05) is 17.8 Å². The lowest BCUT2D eigenvalue weighted by atomic mass is 9.92. The summed E-state index contributed by atoms with van der Waals surface area (Å²) in [5.74, 6) is 1.08. The van der Waals surface area contributed by atoms with Crippen molar-refractivity contribution in [3.63, 3.8) is 0 Å². The van der Waals surface area contributed by atoms with Gasteiger partial charge in [-0.3, -0.25) is 0 Å². The molecule has 0 radical (unpaired) electrons. The monoisotopic (exact) mass is 255 g/mol. The summed E-state index contributed by atoms with van der Waals surface area (Å²) in [5.41, 5.74) is 6.96. The fourth-order valence-electron chi connectivity index (χ4n) is 1.87. The number of nitrogens with two attached hydrogens (primary N) is 1. The van der Waals surface area contributed by atoms with Gasteiger partial charge in [-0.05, 0) is 24.9 Å². The Hall–Kier alpha value is -0.800. The second-order valence-corrected chi connectivity index (χ2v) is 4.88. The van der Waals surface area contributed by atoms with Gasteiger partial charge in [0.05, 0.1) is 5.02 Å². The van der Waals surface area contributed by atoms with E-state index in [0.29, 0.717) is 16.8 Å². The number of nitrogen functional groups attached to an aromatic ring is 1. The fraction of sp³-hybridized carbons (Fsp3) is 0.615. The number of hydrogen-bond acceptors (Lipinski definition) is 3. The summed E-state index contributed by atoms with van der Waals surface area (Å²) >= 11 is 6.00. The second-order valence-electron chi connectivity index (χ2n) is 4.45. The molecule has 0 spiro atoms. The molecule has 3 nitrogen and oxygen atoms in total. The number of anilines is 1. The summed E-state index contributed by atoms with van der Waals surface area (Å²) in [7, 11) is 0. The molecule has 0 aliphatic carbocycles. The normalized spacial score (nSPS) is 14.6. The van der Waals surface area contributed by atoms with Crippen LogP contribution in [0.15, 0.2) is 12.3 Å². The van der Waals surface area contributed by atoms with Gasteiger partial charge in [0.1, 0.15) is 5.82 Å². The maximum Gasteiger partial charge on any atom is 0.128 e. The molecule has 0 saturated heterocycles. The average Bonchev–Trinajstić information content (AvgIpc) is 2.33. The molecule has 1 rings (SSSR count). The maximum absolute atomic E-state index is 6.00. The van der Waals surface area contributed by atoms with Crippen molar-refractivity contribution < 1.29 is 0 Å². The van der Waals surface area contributed by atoms with E-state index in [2.05, 4.69) is 31.1 Å². The molecule has 0 amide bonds.